The Morgan fingerprint density at radius 2 is 2.17 bits per heavy atom. The summed E-state index contributed by atoms with van der Waals surface area (Å²) in [7, 11) is 1.78. The molecule has 0 bridgehead atoms. The Hall–Kier alpha value is -0.820. The van der Waals surface area contributed by atoms with Crippen LogP contribution >= 0.6 is 0 Å². The largest absolute Gasteiger partial charge is 0.377 e. The Morgan fingerprint density at radius 1 is 1.33 bits per heavy atom. The fourth-order valence-corrected chi connectivity index (χ4v) is 1.78. The summed E-state index contributed by atoms with van der Waals surface area (Å²) >= 11 is 0. The molecular weight excluding hydrogens is 148 g/mol. The molecule has 1 aromatic rings. The lowest BCUT2D eigenvalue weighted by atomic mass is 9.89. The summed E-state index contributed by atoms with van der Waals surface area (Å²) < 4.78 is 5.40. The first kappa shape index (κ1) is 7.81. The van der Waals surface area contributed by atoms with Crippen molar-refractivity contribution in [2.75, 3.05) is 7.11 Å². The minimum Gasteiger partial charge on any atom is -0.377 e. The number of methoxy groups -OCH3 is 1. The molecule has 0 amide bonds. The van der Waals surface area contributed by atoms with Crippen LogP contribution in [0.2, 0.25) is 0 Å². The van der Waals surface area contributed by atoms with E-state index < -0.39 is 0 Å². The van der Waals surface area contributed by atoms with Gasteiger partial charge in [-0.2, -0.15) is 0 Å². The summed E-state index contributed by atoms with van der Waals surface area (Å²) in [6.07, 6.45) is 4.85. The van der Waals surface area contributed by atoms with Gasteiger partial charge in [-0.25, -0.2) is 0 Å². The monoisotopic (exact) mass is 161 g/mol. The molecule has 1 aliphatic rings. The zero-order chi connectivity index (χ0) is 8.39. The van der Waals surface area contributed by atoms with Crippen LogP contribution in [0.3, 0.4) is 0 Å². The van der Waals surface area contributed by atoms with Gasteiger partial charge in [-0.15, -0.1) is 0 Å². The first-order valence-corrected chi connectivity index (χ1v) is 4.37. The highest BCUT2D eigenvalue weighted by Gasteiger charge is 2.18. The normalized spacial score (nSPS) is 21.9. The molecule has 63 valence electrons. The zero-order valence-electron chi connectivity index (χ0n) is 7.29. The maximum Gasteiger partial charge on any atom is 0.0824 e. The Bertz CT molecular complexity index is 267. The topological polar surface area (TPSA) is 9.23 Å². The van der Waals surface area contributed by atoms with Gasteiger partial charge in [0.25, 0.3) is 0 Å². The van der Waals surface area contributed by atoms with Crippen LogP contribution in [0.25, 0.3) is 0 Å². The molecule has 0 N–H and O–H groups in total. The van der Waals surface area contributed by atoms with Crippen molar-refractivity contribution in [3.63, 3.8) is 0 Å². The van der Waals surface area contributed by atoms with Crippen molar-refractivity contribution in [3.8, 4) is 0 Å². The number of hydrogen-bond donors (Lipinski definition) is 0. The molecule has 1 heteroatoms. The molecule has 0 fully saturated rings. The third kappa shape index (κ3) is 1.25. The summed E-state index contributed by atoms with van der Waals surface area (Å²) in [5, 5.41) is 0. The number of fused-ring (bicyclic) bond motifs is 1. The van der Waals surface area contributed by atoms with Gasteiger partial charge in [-0.05, 0) is 30.4 Å². The van der Waals surface area contributed by atoms with Crippen LogP contribution in [-0.2, 0) is 4.74 Å². The van der Waals surface area contributed by atoms with Crippen molar-refractivity contribution in [1.29, 1.82) is 0 Å². The van der Waals surface area contributed by atoms with Crippen molar-refractivity contribution in [2.24, 2.45) is 0 Å². The molecule has 1 aromatic carbocycles. The second kappa shape index (κ2) is 3.28. The molecule has 1 radical (unpaired) electrons. The lowest BCUT2D eigenvalue weighted by molar-refractivity contribution is 0.0920. The standard InChI is InChI=1S/C11H13O/c1-12-11-8-4-6-9-5-2-3-7-10(9)11/h2-3,5-7,11H,4,8H2,1H3. The summed E-state index contributed by atoms with van der Waals surface area (Å²) in [4.78, 5) is 0. The van der Waals surface area contributed by atoms with E-state index >= 15 is 0 Å². The molecular formula is C11H13O. The van der Waals surface area contributed by atoms with Gasteiger partial charge in [0.1, 0.15) is 0 Å². The maximum absolute atomic E-state index is 5.40. The Morgan fingerprint density at radius 3 is 3.00 bits per heavy atom. The minimum absolute atomic E-state index is 0.311. The fraction of sp³-hybridized carbons (Fsp3) is 0.364. The van der Waals surface area contributed by atoms with E-state index in [-0.39, 0.29) is 0 Å². The average molecular weight is 161 g/mol. The number of hydrogen-bond acceptors (Lipinski definition) is 1. The van der Waals surface area contributed by atoms with E-state index in [1.165, 1.54) is 11.1 Å². The highest BCUT2D eigenvalue weighted by Crippen LogP contribution is 2.32. The van der Waals surface area contributed by atoms with Crippen LogP contribution in [0.15, 0.2) is 24.3 Å². The number of rotatable bonds is 1. The summed E-state index contributed by atoms with van der Waals surface area (Å²) in [5.41, 5.74) is 2.68. The highest BCUT2D eigenvalue weighted by molar-refractivity contribution is 5.36. The van der Waals surface area contributed by atoms with E-state index in [4.69, 9.17) is 4.74 Å². The van der Waals surface area contributed by atoms with Crippen LogP contribution in [0, 0.1) is 6.42 Å². The molecule has 1 aliphatic carbocycles. The predicted octanol–water partition coefficient (Wildman–Crippen LogP) is 2.72. The quantitative estimate of drug-likeness (QED) is 0.615. The summed E-state index contributed by atoms with van der Waals surface area (Å²) in [5.74, 6) is 0. The molecule has 1 unspecified atom stereocenters. The molecule has 0 aliphatic heterocycles. The van der Waals surface area contributed by atoms with Crippen molar-refractivity contribution >= 4 is 0 Å². The van der Waals surface area contributed by atoms with Gasteiger partial charge in [0.05, 0.1) is 6.10 Å². The lowest BCUT2D eigenvalue weighted by Crippen LogP contribution is -2.09. The van der Waals surface area contributed by atoms with Crippen LogP contribution in [-0.4, -0.2) is 7.11 Å². The van der Waals surface area contributed by atoms with Gasteiger partial charge in [0.2, 0.25) is 0 Å². The molecule has 12 heavy (non-hydrogen) atoms. The maximum atomic E-state index is 5.40. The van der Waals surface area contributed by atoms with Crippen molar-refractivity contribution in [2.45, 2.75) is 18.9 Å². The van der Waals surface area contributed by atoms with Crippen LogP contribution < -0.4 is 0 Å². The van der Waals surface area contributed by atoms with Crippen LogP contribution in [0.4, 0.5) is 0 Å². The Kier molecular flexibility index (Phi) is 2.13. The molecule has 1 atom stereocenters. The van der Waals surface area contributed by atoms with Crippen molar-refractivity contribution in [3.05, 3.63) is 41.8 Å². The molecule has 0 aromatic heterocycles. The van der Waals surface area contributed by atoms with Gasteiger partial charge in [0, 0.05) is 7.11 Å². The first-order chi connectivity index (χ1) is 5.92. The molecule has 0 saturated heterocycles. The first-order valence-electron chi connectivity index (χ1n) is 4.37. The molecule has 1 nitrogen and oxygen atoms in total. The molecule has 0 heterocycles. The third-order valence-corrected chi connectivity index (χ3v) is 2.42. The SMILES string of the molecule is COC1CC[CH]c2ccccc21. The second-order valence-electron chi connectivity index (χ2n) is 3.13. The van der Waals surface area contributed by atoms with Crippen molar-refractivity contribution in [1.82, 2.24) is 0 Å². The minimum atomic E-state index is 0.311. The van der Waals surface area contributed by atoms with Gasteiger partial charge in [-0.1, -0.05) is 24.3 Å². The van der Waals surface area contributed by atoms with E-state index in [1.807, 2.05) is 0 Å². The summed E-state index contributed by atoms with van der Waals surface area (Å²) in [6, 6.07) is 8.46. The lowest BCUT2D eigenvalue weighted by Gasteiger charge is -2.23. The van der Waals surface area contributed by atoms with E-state index in [1.54, 1.807) is 7.11 Å². The number of ether oxygens (including phenoxy) is 1. The number of benzene rings is 1. The van der Waals surface area contributed by atoms with Crippen LogP contribution in [0.1, 0.15) is 30.1 Å². The highest BCUT2D eigenvalue weighted by atomic mass is 16.5. The Balaban J connectivity index is 2.37. The molecule has 0 saturated carbocycles. The van der Waals surface area contributed by atoms with Crippen LogP contribution in [0.5, 0.6) is 0 Å². The fourth-order valence-electron chi connectivity index (χ4n) is 1.78. The van der Waals surface area contributed by atoms with E-state index in [0.717, 1.165) is 12.8 Å². The van der Waals surface area contributed by atoms with Gasteiger partial charge in [0.15, 0.2) is 0 Å². The smallest absolute Gasteiger partial charge is 0.0824 e. The zero-order valence-corrected chi connectivity index (χ0v) is 7.29. The third-order valence-electron chi connectivity index (χ3n) is 2.42. The second-order valence-corrected chi connectivity index (χ2v) is 3.13. The van der Waals surface area contributed by atoms with E-state index in [2.05, 4.69) is 30.7 Å². The average Bonchev–Trinajstić information content (AvgIpc) is 2.17. The predicted molar refractivity (Wildman–Crippen MR) is 48.8 cm³/mol. The molecule has 0 spiro atoms. The molecule has 2 rings (SSSR count). The van der Waals surface area contributed by atoms with Crippen molar-refractivity contribution < 1.29 is 4.74 Å². The van der Waals surface area contributed by atoms with Gasteiger partial charge < -0.3 is 4.74 Å². The van der Waals surface area contributed by atoms with Gasteiger partial charge >= 0.3 is 0 Å². The van der Waals surface area contributed by atoms with E-state index in [0.29, 0.717) is 6.10 Å². The van der Waals surface area contributed by atoms with E-state index in [9.17, 15) is 0 Å². The summed E-state index contributed by atoms with van der Waals surface area (Å²) in [6.45, 7) is 0. The Labute approximate surface area is 73.4 Å². The van der Waals surface area contributed by atoms with Gasteiger partial charge in [-0.3, -0.25) is 0 Å².